The van der Waals surface area contributed by atoms with Crippen molar-refractivity contribution in [3.8, 4) is 5.75 Å². The Morgan fingerprint density at radius 3 is 2.42 bits per heavy atom. The standard InChI is InChI=1S/C27H26N2O4/c1-4-15-33-21-12-9-19(10-13-21)25(30)23-24(22-7-5-6-14-28-22)29(27(32)26(23)31)20-11-8-17(2)18(3)16-20/h5-14,16,24,30H,4,15H2,1-3H3/b25-23+. The molecule has 0 spiro atoms. The number of nitrogens with zero attached hydrogens (tertiary/aromatic N) is 2. The average Bonchev–Trinajstić information content (AvgIpc) is 3.10. The van der Waals surface area contributed by atoms with E-state index in [0.717, 1.165) is 17.5 Å². The summed E-state index contributed by atoms with van der Waals surface area (Å²) >= 11 is 0. The van der Waals surface area contributed by atoms with E-state index in [4.69, 9.17) is 4.74 Å². The maximum Gasteiger partial charge on any atom is 0.300 e. The van der Waals surface area contributed by atoms with E-state index in [1.807, 2.05) is 39.0 Å². The number of carbonyl (C=O) groups is 2. The van der Waals surface area contributed by atoms with Crippen LogP contribution in [-0.2, 0) is 9.59 Å². The first-order valence-corrected chi connectivity index (χ1v) is 10.9. The minimum absolute atomic E-state index is 0.0131. The van der Waals surface area contributed by atoms with Crippen LogP contribution in [-0.4, -0.2) is 28.4 Å². The molecule has 1 fully saturated rings. The number of rotatable bonds is 6. The van der Waals surface area contributed by atoms with Gasteiger partial charge < -0.3 is 9.84 Å². The molecule has 4 rings (SSSR count). The van der Waals surface area contributed by atoms with Crippen LogP contribution in [0, 0.1) is 13.8 Å². The summed E-state index contributed by atoms with van der Waals surface area (Å²) in [6, 6.07) is 16.9. The molecule has 1 amide bonds. The Labute approximate surface area is 193 Å². The highest BCUT2D eigenvalue weighted by molar-refractivity contribution is 6.51. The summed E-state index contributed by atoms with van der Waals surface area (Å²) in [6.45, 7) is 6.54. The molecule has 0 aliphatic carbocycles. The molecule has 33 heavy (non-hydrogen) atoms. The molecule has 1 atom stereocenters. The molecular formula is C27H26N2O4. The second kappa shape index (κ2) is 9.28. The topological polar surface area (TPSA) is 79.7 Å². The molecule has 0 bridgehead atoms. The summed E-state index contributed by atoms with van der Waals surface area (Å²) in [6.07, 6.45) is 2.49. The first kappa shape index (κ1) is 22.3. The molecule has 1 unspecified atom stereocenters. The van der Waals surface area contributed by atoms with E-state index in [2.05, 4.69) is 4.98 Å². The number of Topliss-reactive ketones (excluding diaryl/α,β-unsaturated/α-hetero) is 1. The quantitative estimate of drug-likeness (QED) is 0.326. The first-order valence-electron chi connectivity index (χ1n) is 10.9. The molecule has 0 saturated carbocycles. The highest BCUT2D eigenvalue weighted by Gasteiger charge is 2.47. The lowest BCUT2D eigenvalue weighted by atomic mass is 9.98. The summed E-state index contributed by atoms with van der Waals surface area (Å²) in [5.41, 5.74) is 3.60. The number of carbonyl (C=O) groups excluding carboxylic acids is 2. The van der Waals surface area contributed by atoms with Crippen molar-refractivity contribution < 1.29 is 19.4 Å². The van der Waals surface area contributed by atoms with Gasteiger partial charge in [0.2, 0.25) is 0 Å². The molecule has 0 radical (unpaired) electrons. The third-order valence-electron chi connectivity index (χ3n) is 5.78. The Morgan fingerprint density at radius 2 is 1.79 bits per heavy atom. The first-order chi connectivity index (χ1) is 15.9. The molecule has 1 N–H and O–H groups in total. The fraction of sp³-hybridized carbons (Fsp3) is 0.222. The zero-order chi connectivity index (χ0) is 23.5. The second-order valence-electron chi connectivity index (χ2n) is 8.07. The van der Waals surface area contributed by atoms with Crippen LogP contribution < -0.4 is 9.64 Å². The highest BCUT2D eigenvalue weighted by atomic mass is 16.5. The van der Waals surface area contributed by atoms with E-state index in [0.29, 0.717) is 29.3 Å². The van der Waals surface area contributed by atoms with Gasteiger partial charge in [0, 0.05) is 17.4 Å². The predicted octanol–water partition coefficient (Wildman–Crippen LogP) is 5.11. The van der Waals surface area contributed by atoms with E-state index in [1.54, 1.807) is 48.7 Å². The van der Waals surface area contributed by atoms with Gasteiger partial charge in [0.1, 0.15) is 17.6 Å². The lowest BCUT2D eigenvalue weighted by Crippen LogP contribution is -2.29. The van der Waals surface area contributed by atoms with Gasteiger partial charge in [-0.2, -0.15) is 0 Å². The van der Waals surface area contributed by atoms with Gasteiger partial charge in [0.25, 0.3) is 11.7 Å². The van der Waals surface area contributed by atoms with E-state index in [9.17, 15) is 14.7 Å². The van der Waals surface area contributed by atoms with Crippen molar-refractivity contribution in [1.29, 1.82) is 0 Å². The third-order valence-corrected chi connectivity index (χ3v) is 5.78. The Kier molecular flexibility index (Phi) is 6.27. The van der Waals surface area contributed by atoms with Gasteiger partial charge in [-0.3, -0.25) is 19.5 Å². The zero-order valence-corrected chi connectivity index (χ0v) is 18.9. The fourth-order valence-electron chi connectivity index (χ4n) is 3.88. The number of anilines is 1. The molecule has 3 aromatic rings. The van der Waals surface area contributed by atoms with Crippen molar-refractivity contribution in [3.05, 3.63) is 94.8 Å². The number of aliphatic hydroxyl groups excluding tert-OH is 1. The molecule has 1 aliphatic rings. The van der Waals surface area contributed by atoms with Gasteiger partial charge in [0.05, 0.1) is 17.9 Å². The smallest absolute Gasteiger partial charge is 0.300 e. The Hall–Kier alpha value is -3.93. The number of hydrogen-bond donors (Lipinski definition) is 1. The third kappa shape index (κ3) is 4.24. The number of hydrogen-bond acceptors (Lipinski definition) is 5. The number of pyridine rings is 1. The number of aliphatic hydroxyl groups is 1. The molecule has 6 nitrogen and oxygen atoms in total. The summed E-state index contributed by atoms with van der Waals surface area (Å²) in [5.74, 6) is -1.01. The van der Waals surface area contributed by atoms with Crippen LogP contribution in [0.4, 0.5) is 5.69 Å². The van der Waals surface area contributed by atoms with Gasteiger partial charge in [-0.05, 0) is 79.9 Å². The number of benzene rings is 2. The fourth-order valence-corrected chi connectivity index (χ4v) is 3.88. The molecule has 1 saturated heterocycles. The minimum atomic E-state index is -0.843. The number of aryl methyl sites for hydroxylation is 2. The van der Waals surface area contributed by atoms with Gasteiger partial charge in [0.15, 0.2) is 0 Å². The van der Waals surface area contributed by atoms with Crippen molar-refractivity contribution in [2.45, 2.75) is 33.2 Å². The Morgan fingerprint density at radius 1 is 1.03 bits per heavy atom. The van der Waals surface area contributed by atoms with E-state index in [1.165, 1.54) is 4.90 Å². The van der Waals surface area contributed by atoms with Gasteiger partial charge in [-0.1, -0.05) is 19.1 Å². The molecule has 168 valence electrons. The maximum absolute atomic E-state index is 13.2. The van der Waals surface area contributed by atoms with Crippen LogP contribution in [0.15, 0.2) is 72.4 Å². The Balaban J connectivity index is 1.84. The van der Waals surface area contributed by atoms with Gasteiger partial charge in [-0.25, -0.2) is 0 Å². The number of amides is 1. The van der Waals surface area contributed by atoms with Crippen molar-refractivity contribution in [1.82, 2.24) is 4.98 Å². The molecule has 2 aromatic carbocycles. The predicted molar refractivity (Wildman–Crippen MR) is 127 cm³/mol. The highest BCUT2D eigenvalue weighted by Crippen LogP contribution is 2.41. The Bertz CT molecular complexity index is 1220. The average molecular weight is 443 g/mol. The van der Waals surface area contributed by atoms with Crippen LogP contribution in [0.5, 0.6) is 5.75 Å². The summed E-state index contributed by atoms with van der Waals surface area (Å²) in [4.78, 5) is 32.2. The van der Waals surface area contributed by atoms with E-state index >= 15 is 0 Å². The molecule has 1 aromatic heterocycles. The molecule has 1 aliphatic heterocycles. The van der Waals surface area contributed by atoms with Crippen LogP contribution in [0.25, 0.3) is 5.76 Å². The SMILES string of the molecule is CCCOc1ccc(/C(O)=C2\C(=O)C(=O)N(c3ccc(C)c(C)c3)C2c2ccccn2)cc1. The maximum atomic E-state index is 13.2. The lowest BCUT2D eigenvalue weighted by Gasteiger charge is -2.25. The molecule has 2 heterocycles. The van der Waals surface area contributed by atoms with Crippen molar-refractivity contribution in [2.24, 2.45) is 0 Å². The van der Waals surface area contributed by atoms with Crippen molar-refractivity contribution in [3.63, 3.8) is 0 Å². The van der Waals surface area contributed by atoms with Gasteiger partial charge in [-0.15, -0.1) is 0 Å². The van der Waals surface area contributed by atoms with Crippen molar-refractivity contribution in [2.75, 3.05) is 11.5 Å². The summed E-state index contributed by atoms with van der Waals surface area (Å²) in [5, 5.41) is 11.2. The van der Waals surface area contributed by atoms with E-state index < -0.39 is 17.7 Å². The lowest BCUT2D eigenvalue weighted by molar-refractivity contribution is -0.132. The second-order valence-corrected chi connectivity index (χ2v) is 8.07. The zero-order valence-electron chi connectivity index (χ0n) is 18.9. The number of aromatic nitrogens is 1. The van der Waals surface area contributed by atoms with Crippen LogP contribution in [0.1, 0.15) is 41.8 Å². The summed E-state index contributed by atoms with van der Waals surface area (Å²) < 4.78 is 5.60. The monoisotopic (exact) mass is 442 g/mol. The minimum Gasteiger partial charge on any atom is -0.507 e. The number of ether oxygens (including phenoxy) is 1. The van der Waals surface area contributed by atoms with Crippen LogP contribution in [0.3, 0.4) is 0 Å². The number of ketones is 1. The largest absolute Gasteiger partial charge is 0.507 e. The van der Waals surface area contributed by atoms with Crippen LogP contribution >= 0.6 is 0 Å². The van der Waals surface area contributed by atoms with E-state index in [-0.39, 0.29) is 11.3 Å². The normalized spacial score (nSPS) is 17.4. The van der Waals surface area contributed by atoms with Crippen molar-refractivity contribution >= 4 is 23.1 Å². The van der Waals surface area contributed by atoms with Crippen LogP contribution in [0.2, 0.25) is 0 Å². The molecule has 6 heteroatoms. The molecular weight excluding hydrogens is 416 g/mol. The summed E-state index contributed by atoms with van der Waals surface area (Å²) in [7, 11) is 0. The van der Waals surface area contributed by atoms with Gasteiger partial charge >= 0.3 is 0 Å².